The molecule has 0 aliphatic rings. The van der Waals surface area contributed by atoms with E-state index in [0.717, 1.165) is 16.9 Å². The lowest BCUT2D eigenvalue weighted by Gasteiger charge is -2.06. The van der Waals surface area contributed by atoms with Crippen LogP contribution in [0.15, 0.2) is 21.4 Å². The van der Waals surface area contributed by atoms with E-state index in [0.29, 0.717) is 36.7 Å². The summed E-state index contributed by atoms with van der Waals surface area (Å²) in [4.78, 5) is 32.5. The molecule has 2 aromatic heterocycles. The Morgan fingerprint density at radius 1 is 1.39 bits per heavy atom. The predicted octanol–water partition coefficient (Wildman–Crippen LogP) is 4.12. The van der Waals surface area contributed by atoms with Gasteiger partial charge in [0.2, 0.25) is 0 Å². The second kappa shape index (κ2) is 8.15. The van der Waals surface area contributed by atoms with Gasteiger partial charge in [-0.1, -0.05) is 6.08 Å². The first kappa shape index (κ1) is 20.1. The van der Waals surface area contributed by atoms with Gasteiger partial charge in [-0.3, -0.25) is 4.79 Å². The second-order valence-electron chi connectivity index (χ2n) is 5.79. The number of rotatable bonds is 5. The van der Waals surface area contributed by atoms with E-state index in [-0.39, 0.29) is 17.9 Å². The summed E-state index contributed by atoms with van der Waals surface area (Å²) in [5.41, 5.74) is 0.979. The lowest BCUT2D eigenvalue weighted by Crippen LogP contribution is -2.10. The molecule has 0 amide bonds. The van der Waals surface area contributed by atoms with E-state index in [1.807, 2.05) is 0 Å². The first-order valence-corrected chi connectivity index (χ1v) is 9.91. The summed E-state index contributed by atoms with van der Waals surface area (Å²) in [5.74, 6) is 0.213. The van der Waals surface area contributed by atoms with Crippen molar-refractivity contribution in [3.8, 4) is 11.5 Å². The number of nitrogens with zero attached hydrogens (tertiary/aromatic N) is 1. The van der Waals surface area contributed by atoms with Crippen molar-refractivity contribution in [2.24, 2.45) is 0 Å². The topological polar surface area (TPSA) is 102 Å². The molecule has 2 N–H and O–H groups in total. The molecule has 0 saturated heterocycles. The number of aryl methyl sites for hydroxylation is 1. The van der Waals surface area contributed by atoms with Crippen molar-refractivity contribution in [2.45, 2.75) is 13.8 Å². The zero-order valence-electron chi connectivity index (χ0n) is 15.3. The van der Waals surface area contributed by atoms with Crippen molar-refractivity contribution in [3.05, 3.63) is 48.8 Å². The highest BCUT2D eigenvalue weighted by atomic mass is 79.9. The summed E-state index contributed by atoms with van der Waals surface area (Å²) >= 11 is 4.40. The number of thiophene rings is 1. The first-order valence-electron chi connectivity index (χ1n) is 8.30. The van der Waals surface area contributed by atoms with Crippen molar-refractivity contribution >= 4 is 55.6 Å². The van der Waals surface area contributed by atoms with Crippen molar-refractivity contribution in [2.75, 3.05) is 13.7 Å². The van der Waals surface area contributed by atoms with Gasteiger partial charge in [0.05, 0.1) is 23.6 Å². The maximum atomic E-state index is 12.5. The summed E-state index contributed by atoms with van der Waals surface area (Å²) in [6.45, 7) is 3.69. The van der Waals surface area contributed by atoms with Crippen LogP contribution in [0, 0.1) is 6.92 Å². The van der Waals surface area contributed by atoms with Crippen LogP contribution in [0.5, 0.6) is 11.5 Å². The highest BCUT2D eigenvalue weighted by Gasteiger charge is 2.19. The molecule has 1 aromatic carbocycles. The Labute approximate surface area is 172 Å². The molecule has 7 nitrogen and oxygen atoms in total. The monoisotopic (exact) mass is 464 g/mol. The number of aromatic amines is 1. The predicted molar refractivity (Wildman–Crippen MR) is 112 cm³/mol. The summed E-state index contributed by atoms with van der Waals surface area (Å²) in [5, 5.41) is 10.3. The molecule has 3 aromatic rings. The first-order chi connectivity index (χ1) is 13.3. The van der Waals surface area contributed by atoms with Crippen molar-refractivity contribution in [1.29, 1.82) is 0 Å². The fourth-order valence-electron chi connectivity index (χ4n) is 2.65. The number of fused-ring (bicyclic) bond motifs is 1. The number of esters is 1. The molecular weight excluding hydrogens is 448 g/mol. The quantitative estimate of drug-likeness (QED) is 0.550. The fraction of sp³-hybridized carbons (Fsp3) is 0.211. The minimum absolute atomic E-state index is 0.00755. The van der Waals surface area contributed by atoms with Crippen molar-refractivity contribution in [3.63, 3.8) is 0 Å². The maximum absolute atomic E-state index is 12.5. The van der Waals surface area contributed by atoms with Gasteiger partial charge in [-0.05, 0) is 59.1 Å². The Morgan fingerprint density at radius 3 is 2.82 bits per heavy atom. The van der Waals surface area contributed by atoms with Gasteiger partial charge >= 0.3 is 5.97 Å². The molecule has 146 valence electrons. The van der Waals surface area contributed by atoms with E-state index in [1.165, 1.54) is 7.11 Å². The summed E-state index contributed by atoms with van der Waals surface area (Å²) in [6, 6.07) is 3.36. The molecular formula is C19H17BrN2O5S. The third-order valence-corrected chi connectivity index (χ3v) is 5.75. The molecule has 0 atom stereocenters. The smallest absolute Gasteiger partial charge is 0.348 e. The highest BCUT2D eigenvalue weighted by molar-refractivity contribution is 9.10. The van der Waals surface area contributed by atoms with Crippen LogP contribution in [0.2, 0.25) is 0 Å². The summed E-state index contributed by atoms with van der Waals surface area (Å²) in [6.07, 6.45) is 3.36. The number of phenolic OH excluding ortho intramolecular Hbond substituents is 1. The Kier molecular flexibility index (Phi) is 5.85. The van der Waals surface area contributed by atoms with E-state index in [1.54, 1.807) is 38.1 Å². The number of hydrogen-bond acceptors (Lipinski definition) is 7. The standard InChI is InChI=1S/C19H17BrN2O5S/c1-4-27-19(25)16-9(2)14-17(24)21-13(22-18(14)28-16)6-5-10-7-11(20)15(23)12(8-10)26-3/h5-8,23H,4H2,1-3H3,(H,21,22,24). The number of methoxy groups -OCH3 is 1. The molecule has 3 rings (SSSR count). The van der Waals surface area contributed by atoms with E-state index in [9.17, 15) is 14.7 Å². The van der Waals surface area contributed by atoms with Gasteiger partial charge in [-0.15, -0.1) is 11.3 Å². The number of benzene rings is 1. The highest BCUT2D eigenvalue weighted by Crippen LogP contribution is 2.35. The lowest BCUT2D eigenvalue weighted by molar-refractivity contribution is 0.0531. The van der Waals surface area contributed by atoms with E-state index in [4.69, 9.17) is 9.47 Å². The molecule has 28 heavy (non-hydrogen) atoms. The van der Waals surface area contributed by atoms with Crippen LogP contribution in [0.3, 0.4) is 0 Å². The van der Waals surface area contributed by atoms with E-state index < -0.39 is 5.97 Å². The Morgan fingerprint density at radius 2 is 2.14 bits per heavy atom. The van der Waals surface area contributed by atoms with Gasteiger partial charge in [0.15, 0.2) is 11.5 Å². The van der Waals surface area contributed by atoms with Gasteiger partial charge in [0, 0.05) is 0 Å². The van der Waals surface area contributed by atoms with Crippen LogP contribution < -0.4 is 10.3 Å². The number of aromatic hydroxyl groups is 1. The van der Waals surface area contributed by atoms with Crippen LogP contribution in [0.1, 0.15) is 33.5 Å². The average molecular weight is 465 g/mol. The van der Waals surface area contributed by atoms with Crippen molar-refractivity contribution < 1.29 is 19.4 Å². The molecule has 0 unspecified atom stereocenters. The zero-order chi connectivity index (χ0) is 20.4. The Bertz CT molecular complexity index is 1150. The molecule has 0 aliphatic carbocycles. The maximum Gasteiger partial charge on any atom is 0.348 e. The van der Waals surface area contributed by atoms with Gasteiger partial charge in [0.25, 0.3) is 5.56 Å². The molecule has 0 aliphatic heterocycles. The minimum Gasteiger partial charge on any atom is -0.503 e. The largest absolute Gasteiger partial charge is 0.503 e. The fourth-order valence-corrected chi connectivity index (χ4v) is 4.19. The number of carbonyl (C=O) groups is 1. The third kappa shape index (κ3) is 3.81. The van der Waals surface area contributed by atoms with Gasteiger partial charge in [-0.2, -0.15) is 0 Å². The number of phenols is 1. The number of aromatic nitrogens is 2. The average Bonchev–Trinajstić information content (AvgIpc) is 3.00. The Hall–Kier alpha value is -2.65. The molecule has 0 radical (unpaired) electrons. The number of ether oxygens (including phenoxy) is 2. The molecule has 0 bridgehead atoms. The van der Waals surface area contributed by atoms with Crippen molar-refractivity contribution in [1.82, 2.24) is 9.97 Å². The van der Waals surface area contributed by atoms with Crippen LogP contribution in [0.25, 0.3) is 22.4 Å². The number of H-pyrrole nitrogens is 1. The zero-order valence-corrected chi connectivity index (χ0v) is 17.7. The molecule has 9 heteroatoms. The third-order valence-electron chi connectivity index (χ3n) is 3.98. The molecule has 2 heterocycles. The number of carbonyl (C=O) groups excluding carboxylic acids is 1. The summed E-state index contributed by atoms with van der Waals surface area (Å²) in [7, 11) is 1.46. The Balaban J connectivity index is 2.01. The van der Waals surface area contributed by atoms with E-state index in [2.05, 4.69) is 25.9 Å². The lowest BCUT2D eigenvalue weighted by atomic mass is 10.2. The molecule has 0 spiro atoms. The number of halogens is 1. The molecule has 0 saturated carbocycles. The van der Waals surface area contributed by atoms with Crippen LogP contribution in [0.4, 0.5) is 0 Å². The van der Waals surface area contributed by atoms with Gasteiger partial charge in [-0.25, -0.2) is 9.78 Å². The van der Waals surface area contributed by atoms with Crippen LogP contribution in [-0.4, -0.2) is 34.8 Å². The molecule has 0 fully saturated rings. The number of nitrogens with one attached hydrogen (secondary N) is 1. The van der Waals surface area contributed by atoms with Crippen LogP contribution in [-0.2, 0) is 4.74 Å². The SMILES string of the molecule is CCOC(=O)c1sc2nc(C=Cc3cc(Br)c(O)c(OC)c3)[nH]c(=O)c2c1C. The second-order valence-corrected chi connectivity index (χ2v) is 7.65. The normalized spacial score (nSPS) is 11.3. The van der Waals surface area contributed by atoms with Crippen LogP contribution >= 0.6 is 27.3 Å². The van der Waals surface area contributed by atoms with Gasteiger partial charge in [0.1, 0.15) is 15.5 Å². The van der Waals surface area contributed by atoms with E-state index >= 15 is 0 Å². The minimum atomic E-state index is -0.458. The summed E-state index contributed by atoms with van der Waals surface area (Å²) < 4.78 is 10.6. The number of hydrogen-bond donors (Lipinski definition) is 2. The van der Waals surface area contributed by atoms with Gasteiger partial charge < -0.3 is 19.6 Å².